The van der Waals surface area contributed by atoms with E-state index in [1.165, 1.54) is 12.1 Å². The molecule has 0 aliphatic carbocycles. The van der Waals surface area contributed by atoms with Crippen molar-refractivity contribution in [2.75, 3.05) is 0 Å². The van der Waals surface area contributed by atoms with Gasteiger partial charge >= 0.3 is 5.51 Å². The quantitative estimate of drug-likeness (QED) is 0.706. The van der Waals surface area contributed by atoms with Gasteiger partial charge in [-0.15, -0.1) is 0 Å². The van der Waals surface area contributed by atoms with Gasteiger partial charge in [-0.1, -0.05) is 43.3 Å². The Balaban J connectivity index is 1.99. The maximum atomic E-state index is 12.3. The number of thioether (sulfide) groups is 1. The summed E-state index contributed by atoms with van der Waals surface area (Å²) >= 11 is -0.120. The van der Waals surface area contributed by atoms with Crippen LogP contribution in [0, 0.1) is 0 Å². The molecule has 0 aromatic heterocycles. The van der Waals surface area contributed by atoms with Gasteiger partial charge < -0.3 is 5.32 Å². The van der Waals surface area contributed by atoms with Crippen molar-refractivity contribution in [1.82, 2.24) is 5.32 Å². The summed E-state index contributed by atoms with van der Waals surface area (Å²) in [6.07, 6.45) is 1.33. The monoisotopic (exact) mass is 353 g/mol. The van der Waals surface area contributed by atoms with Crippen molar-refractivity contribution in [3.8, 4) is 11.1 Å². The molecule has 0 radical (unpaired) electrons. The molecule has 2 aromatic carbocycles. The Morgan fingerprint density at radius 3 is 2.04 bits per heavy atom. The van der Waals surface area contributed by atoms with Crippen LogP contribution >= 0.6 is 11.8 Å². The van der Waals surface area contributed by atoms with Crippen LogP contribution in [0.4, 0.5) is 13.2 Å². The smallest absolute Gasteiger partial charge is 0.352 e. The fourth-order valence-electron chi connectivity index (χ4n) is 2.18. The van der Waals surface area contributed by atoms with E-state index in [0.29, 0.717) is 13.0 Å². The van der Waals surface area contributed by atoms with Crippen LogP contribution in [0.2, 0.25) is 0 Å². The van der Waals surface area contributed by atoms with Crippen LogP contribution in [0.1, 0.15) is 25.3 Å². The molecule has 24 heavy (non-hydrogen) atoms. The molecule has 0 saturated heterocycles. The average Bonchev–Trinajstić information content (AvgIpc) is 2.53. The van der Waals surface area contributed by atoms with Gasteiger partial charge in [0.15, 0.2) is 0 Å². The van der Waals surface area contributed by atoms with Gasteiger partial charge in [-0.2, -0.15) is 13.2 Å². The molecular formula is C18H18F3NOS. The maximum absolute atomic E-state index is 12.3. The number of amides is 1. The highest BCUT2D eigenvalue weighted by atomic mass is 32.2. The zero-order chi connectivity index (χ0) is 17.6. The Kier molecular flexibility index (Phi) is 6.31. The van der Waals surface area contributed by atoms with E-state index in [9.17, 15) is 18.0 Å². The molecule has 1 amide bonds. The number of hydrogen-bond donors (Lipinski definition) is 1. The summed E-state index contributed by atoms with van der Waals surface area (Å²) in [4.78, 5) is 11.6. The highest BCUT2D eigenvalue weighted by molar-refractivity contribution is 8.00. The molecule has 0 aliphatic rings. The number of hydrogen-bond acceptors (Lipinski definition) is 2. The zero-order valence-corrected chi connectivity index (χ0v) is 14.0. The SMILES string of the molecule is CCCC(=O)NCc1ccc(-c2ccc(SC(F)(F)F)cc2)cc1. The third-order valence-corrected chi connectivity index (χ3v) is 4.08. The number of halogens is 3. The molecule has 2 aromatic rings. The Bertz CT molecular complexity index is 666. The lowest BCUT2D eigenvalue weighted by molar-refractivity contribution is -0.121. The van der Waals surface area contributed by atoms with Crippen molar-refractivity contribution >= 4 is 17.7 Å². The van der Waals surface area contributed by atoms with Gasteiger partial charge in [-0.05, 0) is 47.0 Å². The average molecular weight is 353 g/mol. The molecule has 2 nitrogen and oxygen atoms in total. The Morgan fingerprint density at radius 1 is 1.00 bits per heavy atom. The van der Waals surface area contributed by atoms with Crippen LogP contribution in [-0.2, 0) is 11.3 Å². The van der Waals surface area contributed by atoms with Gasteiger partial charge in [0.1, 0.15) is 0 Å². The first kappa shape index (κ1) is 18.4. The van der Waals surface area contributed by atoms with E-state index < -0.39 is 5.51 Å². The van der Waals surface area contributed by atoms with Crippen molar-refractivity contribution in [1.29, 1.82) is 0 Å². The summed E-state index contributed by atoms with van der Waals surface area (Å²) in [5.41, 5.74) is -1.52. The van der Waals surface area contributed by atoms with Crippen LogP contribution in [0.15, 0.2) is 53.4 Å². The normalized spacial score (nSPS) is 11.3. The Hall–Kier alpha value is -1.95. The topological polar surface area (TPSA) is 29.1 Å². The standard InChI is InChI=1S/C18H18F3NOS/c1-2-3-17(23)22-12-13-4-6-14(7-5-13)15-8-10-16(11-9-15)24-18(19,20)21/h4-11H,2-3,12H2,1H3,(H,22,23). The molecule has 128 valence electrons. The van der Waals surface area contributed by atoms with Gasteiger partial charge in [0.25, 0.3) is 0 Å². The van der Waals surface area contributed by atoms with Gasteiger partial charge in [-0.3, -0.25) is 4.79 Å². The second kappa shape index (κ2) is 8.24. The molecule has 0 spiro atoms. The minimum absolute atomic E-state index is 0.0272. The van der Waals surface area contributed by atoms with Crippen LogP contribution in [-0.4, -0.2) is 11.4 Å². The van der Waals surface area contributed by atoms with E-state index >= 15 is 0 Å². The first-order valence-electron chi connectivity index (χ1n) is 7.59. The molecule has 0 atom stereocenters. The van der Waals surface area contributed by atoms with E-state index in [-0.39, 0.29) is 22.6 Å². The van der Waals surface area contributed by atoms with Crippen LogP contribution in [0.3, 0.4) is 0 Å². The van der Waals surface area contributed by atoms with Crippen molar-refractivity contribution in [2.24, 2.45) is 0 Å². The van der Waals surface area contributed by atoms with Crippen LogP contribution in [0.25, 0.3) is 11.1 Å². The van der Waals surface area contributed by atoms with E-state index in [2.05, 4.69) is 5.32 Å². The number of carbonyl (C=O) groups excluding carboxylic acids is 1. The van der Waals surface area contributed by atoms with Crippen molar-refractivity contribution < 1.29 is 18.0 Å². The molecule has 0 heterocycles. The summed E-state index contributed by atoms with van der Waals surface area (Å²) in [7, 11) is 0. The molecule has 0 bridgehead atoms. The molecule has 0 aliphatic heterocycles. The maximum Gasteiger partial charge on any atom is 0.446 e. The third-order valence-electron chi connectivity index (χ3n) is 3.34. The lowest BCUT2D eigenvalue weighted by atomic mass is 10.0. The van der Waals surface area contributed by atoms with Crippen molar-refractivity contribution in [3.63, 3.8) is 0 Å². The molecular weight excluding hydrogens is 335 g/mol. The fraction of sp³-hybridized carbons (Fsp3) is 0.278. The summed E-state index contributed by atoms with van der Waals surface area (Å²) in [5, 5.41) is 2.84. The summed E-state index contributed by atoms with van der Waals surface area (Å²) in [5.74, 6) is 0.0272. The number of carbonyl (C=O) groups is 1. The molecule has 6 heteroatoms. The van der Waals surface area contributed by atoms with E-state index in [1.807, 2.05) is 31.2 Å². The molecule has 1 N–H and O–H groups in total. The number of benzene rings is 2. The lowest BCUT2D eigenvalue weighted by Gasteiger charge is -2.08. The Labute approximate surface area is 143 Å². The second-order valence-corrected chi connectivity index (χ2v) is 6.43. The predicted molar refractivity (Wildman–Crippen MR) is 90.5 cm³/mol. The minimum atomic E-state index is -4.27. The lowest BCUT2D eigenvalue weighted by Crippen LogP contribution is -2.21. The number of alkyl halides is 3. The first-order chi connectivity index (χ1) is 11.4. The van der Waals surface area contributed by atoms with Crippen LogP contribution in [0.5, 0.6) is 0 Å². The van der Waals surface area contributed by atoms with Crippen molar-refractivity contribution in [3.05, 3.63) is 54.1 Å². The van der Waals surface area contributed by atoms with Gasteiger partial charge in [-0.25, -0.2) is 0 Å². The van der Waals surface area contributed by atoms with Crippen molar-refractivity contribution in [2.45, 2.75) is 36.7 Å². The van der Waals surface area contributed by atoms with E-state index in [0.717, 1.165) is 23.1 Å². The van der Waals surface area contributed by atoms with E-state index in [1.54, 1.807) is 12.1 Å². The molecule has 0 fully saturated rings. The summed E-state index contributed by atoms with van der Waals surface area (Å²) in [6, 6.07) is 13.9. The number of nitrogens with one attached hydrogen (secondary N) is 1. The van der Waals surface area contributed by atoms with Gasteiger partial charge in [0, 0.05) is 17.9 Å². The number of rotatable bonds is 6. The molecule has 2 rings (SSSR count). The summed E-state index contributed by atoms with van der Waals surface area (Å²) < 4.78 is 37.0. The third kappa shape index (κ3) is 5.92. The molecule has 0 unspecified atom stereocenters. The first-order valence-corrected chi connectivity index (χ1v) is 8.41. The largest absolute Gasteiger partial charge is 0.446 e. The highest BCUT2D eigenvalue weighted by Gasteiger charge is 2.28. The minimum Gasteiger partial charge on any atom is -0.352 e. The zero-order valence-electron chi connectivity index (χ0n) is 13.2. The highest BCUT2D eigenvalue weighted by Crippen LogP contribution is 2.37. The Morgan fingerprint density at radius 2 is 1.54 bits per heavy atom. The summed E-state index contributed by atoms with van der Waals surface area (Å²) in [6.45, 7) is 2.42. The molecule has 0 saturated carbocycles. The fourth-order valence-corrected chi connectivity index (χ4v) is 2.72. The van der Waals surface area contributed by atoms with Crippen LogP contribution < -0.4 is 5.32 Å². The predicted octanol–water partition coefficient (Wildman–Crippen LogP) is 5.38. The van der Waals surface area contributed by atoms with E-state index in [4.69, 9.17) is 0 Å². The van der Waals surface area contributed by atoms with Gasteiger partial charge in [0.05, 0.1) is 0 Å². The van der Waals surface area contributed by atoms with Gasteiger partial charge in [0.2, 0.25) is 5.91 Å². The second-order valence-electron chi connectivity index (χ2n) is 5.30.